The Morgan fingerprint density at radius 2 is 1.44 bits per heavy atom. The van der Waals surface area contributed by atoms with E-state index in [0.29, 0.717) is 13.2 Å². The summed E-state index contributed by atoms with van der Waals surface area (Å²) in [5, 5.41) is 10.6. The van der Waals surface area contributed by atoms with Crippen molar-refractivity contribution < 1.29 is 14.6 Å². The molecule has 2 aromatic rings. The molecule has 1 N–H and O–H groups in total. The molecule has 0 bridgehead atoms. The van der Waals surface area contributed by atoms with Crippen LogP contribution in [-0.4, -0.2) is 34.4 Å². The van der Waals surface area contributed by atoms with E-state index in [1.165, 1.54) is 0 Å². The number of hydrogen-bond donors (Lipinski definition) is 1. The summed E-state index contributed by atoms with van der Waals surface area (Å²) in [6, 6.07) is 20.0. The zero-order valence-electron chi connectivity index (χ0n) is 13.9. The molecule has 0 amide bonds. The highest BCUT2D eigenvalue weighted by Crippen LogP contribution is 2.48. The molecular weight excluding hydrogens is 352 g/mol. The molecule has 2 aliphatic rings. The van der Waals surface area contributed by atoms with E-state index in [1.54, 1.807) is 0 Å². The maximum atomic E-state index is 10.6. The Balaban J connectivity index is 1.33. The van der Waals surface area contributed by atoms with Gasteiger partial charge in [0, 0.05) is 22.5 Å². The maximum Gasteiger partial charge on any atom is 0.183 e. The molecule has 2 aliphatic heterocycles. The fourth-order valence-corrected chi connectivity index (χ4v) is 6.34. The van der Waals surface area contributed by atoms with Crippen molar-refractivity contribution >= 4 is 23.5 Å². The van der Waals surface area contributed by atoms with E-state index in [4.69, 9.17) is 9.47 Å². The Morgan fingerprint density at radius 3 is 2.04 bits per heavy atom. The number of hydrogen-bond acceptors (Lipinski definition) is 5. The van der Waals surface area contributed by atoms with Crippen molar-refractivity contribution in [2.45, 2.75) is 17.0 Å². The first-order chi connectivity index (χ1) is 12.3. The van der Waals surface area contributed by atoms with Gasteiger partial charge in [0.1, 0.15) is 0 Å². The molecule has 5 heteroatoms. The van der Waals surface area contributed by atoms with Gasteiger partial charge >= 0.3 is 0 Å². The smallest absolute Gasteiger partial charge is 0.183 e. The fraction of sp³-hybridized carbons (Fsp3) is 0.400. The van der Waals surface area contributed by atoms with Crippen molar-refractivity contribution in [2.24, 2.45) is 5.41 Å². The Bertz CT molecular complexity index is 662. The highest BCUT2D eigenvalue weighted by Gasteiger charge is 2.42. The van der Waals surface area contributed by atoms with Crippen LogP contribution in [-0.2, 0) is 9.47 Å². The first-order valence-corrected chi connectivity index (χ1v) is 10.6. The number of ether oxygens (including phenoxy) is 2. The Labute approximate surface area is 157 Å². The summed E-state index contributed by atoms with van der Waals surface area (Å²) in [4.78, 5) is 0. The minimum atomic E-state index is -0.434. The zero-order valence-corrected chi connectivity index (χ0v) is 15.5. The maximum absolute atomic E-state index is 10.6. The van der Waals surface area contributed by atoms with Crippen LogP contribution < -0.4 is 0 Å². The molecule has 0 saturated carbocycles. The Hall–Kier alpha value is -0.980. The lowest BCUT2D eigenvalue weighted by Gasteiger charge is -2.44. The van der Waals surface area contributed by atoms with E-state index in [9.17, 15) is 5.11 Å². The van der Waals surface area contributed by atoms with E-state index in [-0.39, 0.29) is 16.3 Å². The van der Waals surface area contributed by atoms with Crippen LogP contribution in [0.25, 0.3) is 0 Å². The Morgan fingerprint density at radius 1 is 0.880 bits per heavy atom. The van der Waals surface area contributed by atoms with Gasteiger partial charge < -0.3 is 14.6 Å². The monoisotopic (exact) mass is 374 g/mol. The van der Waals surface area contributed by atoms with Gasteiger partial charge in [0.2, 0.25) is 0 Å². The van der Waals surface area contributed by atoms with Crippen molar-refractivity contribution in [3.05, 3.63) is 71.8 Å². The summed E-state index contributed by atoms with van der Waals surface area (Å²) < 4.78 is 12.2. The normalized spacial score (nSPS) is 30.9. The van der Waals surface area contributed by atoms with E-state index >= 15 is 0 Å². The van der Waals surface area contributed by atoms with Gasteiger partial charge in [-0.05, 0) is 5.56 Å². The molecule has 2 saturated heterocycles. The van der Waals surface area contributed by atoms with Gasteiger partial charge in [0.25, 0.3) is 0 Å². The molecule has 0 aliphatic carbocycles. The van der Waals surface area contributed by atoms with Crippen LogP contribution >= 0.6 is 23.5 Å². The Kier molecular flexibility index (Phi) is 5.39. The van der Waals surface area contributed by atoms with Crippen molar-refractivity contribution in [3.63, 3.8) is 0 Å². The summed E-state index contributed by atoms with van der Waals surface area (Å²) >= 11 is 3.64. The summed E-state index contributed by atoms with van der Waals surface area (Å²) in [6.45, 7) is 1.42. The standard InChI is InChI=1S/C20H22O3S2/c21-17(15-7-3-1-4-8-15)19-24-13-20(14-25-19)11-22-18(23-12-20)16-9-5-2-6-10-16/h1-10,17-19,21H,11-14H2. The predicted molar refractivity (Wildman–Crippen MR) is 104 cm³/mol. The second kappa shape index (κ2) is 7.72. The summed E-state index contributed by atoms with van der Waals surface area (Å²) in [5.74, 6) is 1.91. The molecule has 2 aromatic carbocycles. The lowest BCUT2D eigenvalue weighted by Crippen LogP contribution is -2.45. The van der Waals surface area contributed by atoms with Gasteiger partial charge in [-0.3, -0.25) is 0 Å². The minimum absolute atomic E-state index is 0.0491. The first kappa shape index (κ1) is 17.4. The molecule has 2 fully saturated rings. The van der Waals surface area contributed by atoms with Crippen LogP contribution in [0.3, 0.4) is 0 Å². The topological polar surface area (TPSA) is 38.7 Å². The van der Waals surface area contributed by atoms with E-state index in [0.717, 1.165) is 22.6 Å². The first-order valence-electron chi connectivity index (χ1n) is 8.50. The third kappa shape index (κ3) is 3.91. The number of rotatable bonds is 3. The van der Waals surface area contributed by atoms with E-state index in [2.05, 4.69) is 0 Å². The van der Waals surface area contributed by atoms with Crippen molar-refractivity contribution in [3.8, 4) is 0 Å². The van der Waals surface area contributed by atoms with Crippen LogP contribution in [0.4, 0.5) is 0 Å². The molecule has 3 nitrogen and oxygen atoms in total. The average molecular weight is 375 g/mol. The van der Waals surface area contributed by atoms with Gasteiger partial charge in [-0.2, -0.15) is 0 Å². The molecule has 4 rings (SSSR count). The SMILES string of the molecule is OC(c1ccccc1)C1SCC2(COC(c3ccccc3)OC2)CS1. The van der Waals surface area contributed by atoms with Crippen LogP contribution in [0.1, 0.15) is 23.5 Å². The van der Waals surface area contributed by atoms with Crippen LogP contribution in [0, 0.1) is 5.41 Å². The van der Waals surface area contributed by atoms with Gasteiger partial charge in [0.05, 0.1) is 23.9 Å². The van der Waals surface area contributed by atoms with E-state index < -0.39 is 6.10 Å². The molecule has 1 spiro atoms. The van der Waals surface area contributed by atoms with E-state index in [1.807, 2.05) is 84.2 Å². The molecule has 0 radical (unpaired) electrons. The quantitative estimate of drug-likeness (QED) is 0.869. The molecular formula is C20H22O3S2. The third-order valence-corrected chi connectivity index (χ3v) is 8.21. The summed E-state index contributed by atoms with van der Waals surface area (Å²) in [6.07, 6.45) is -0.689. The zero-order chi connectivity index (χ0) is 17.1. The number of benzene rings is 2. The number of thioether (sulfide) groups is 2. The van der Waals surface area contributed by atoms with Gasteiger partial charge in [-0.15, -0.1) is 23.5 Å². The largest absolute Gasteiger partial charge is 0.386 e. The second-order valence-electron chi connectivity index (χ2n) is 6.71. The van der Waals surface area contributed by atoms with Crippen molar-refractivity contribution in [1.82, 2.24) is 0 Å². The second-order valence-corrected chi connectivity index (χ2v) is 9.27. The van der Waals surface area contributed by atoms with Crippen molar-refractivity contribution in [1.29, 1.82) is 0 Å². The van der Waals surface area contributed by atoms with Crippen LogP contribution in [0.5, 0.6) is 0 Å². The summed E-state index contributed by atoms with van der Waals surface area (Å²) in [7, 11) is 0. The van der Waals surface area contributed by atoms with Crippen LogP contribution in [0.2, 0.25) is 0 Å². The van der Waals surface area contributed by atoms with Crippen molar-refractivity contribution in [2.75, 3.05) is 24.7 Å². The molecule has 2 heterocycles. The average Bonchev–Trinajstić information content (AvgIpc) is 2.70. The lowest BCUT2D eigenvalue weighted by atomic mass is 9.94. The van der Waals surface area contributed by atoms with Crippen LogP contribution in [0.15, 0.2) is 60.7 Å². The molecule has 0 aromatic heterocycles. The fourth-order valence-electron chi connectivity index (χ4n) is 3.16. The van der Waals surface area contributed by atoms with Gasteiger partial charge in [-0.25, -0.2) is 0 Å². The van der Waals surface area contributed by atoms with Gasteiger partial charge in [0.15, 0.2) is 6.29 Å². The molecule has 1 atom stereocenters. The molecule has 25 heavy (non-hydrogen) atoms. The number of aliphatic hydroxyl groups is 1. The highest BCUT2D eigenvalue weighted by atomic mass is 32.2. The van der Waals surface area contributed by atoms with Gasteiger partial charge in [-0.1, -0.05) is 60.7 Å². The summed E-state index contributed by atoms with van der Waals surface area (Å²) in [5.41, 5.74) is 2.11. The third-order valence-electron chi connectivity index (χ3n) is 4.66. The lowest BCUT2D eigenvalue weighted by molar-refractivity contribution is -0.224. The predicted octanol–water partition coefficient (Wildman–Crippen LogP) is 4.26. The molecule has 132 valence electrons. The highest BCUT2D eigenvalue weighted by molar-refractivity contribution is 8.17. The minimum Gasteiger partial charge on any atom is -0.386 e. The molecule has 1 unspecified atom stereocenters. The number of aliphatic hydroxyl groups excluding tert-OH is 1.